The molecule has 2 rings (SSSR count). The second kappa shape index (κ2) is 5.71. The summed E-state index contributed by atoms with van der Waals surface area (Å²) in [4.78, 5) is -0.239. The summed E-state index contributed by atoms with van der Waals surface area (Å²) in [6.45, 7) is 3.30. The summed E-state index contributed by atoms with van der Waals surface area (Å²) < 4.78 is 34.0. The number of fused-ring (bicyclic) bond motifs is 1. The largest absolute Gasteiger partial charge is 0.489 e. The van der Waals surface area contributed by atoms with Gasteiger partial charge in [0.25, 0.3) is 0 Å². The molecule has 2 atom stereocenters. The molecule has 4 nitrogen and oxygen atoms in total. The van der Waals surface area contributed by atoms with Gasteiger partial charge in [-0.05, 0) is 17.7 Å². The highest BCUT2D eigenvalue weighted by atomic mass is 79.9. The molecule has 2 unspecified atom stereocenters. The molecule has 0 aliphatic carbocycles. The van der Waals surface area contributed by atoms with Crippen LogP contribution >= 0.6 is 15.9 Å². The number of rotatable bonds is 3. The molecule has 106 valence electrons. The average Bonchev–Trinajstić information content (AvgIpc) is 2.49. The van der Waals surface area contributed by atoms with Crippen molar-refractivity contribution in [3.63, 3.8) is 0 Å². The first-order valence-corrected chi connectivity index (χ1v) is 9.04. The van der Waals surface area contributed by atoms with Gasteiger partial charge in [-0.3, -0.25) is 0 Å². The molecule has 19 heavy (non-hydrogen) atoms. The SMILES string of the molecule is CC1COc2ccc(C(Br)CS(C)(=O)=O)cc2OC1. The number of alkyl halides is 1. The lowest BCUT2D eigenvalue weighted by Crippen LogP contribution is -2.12. The van der Waals surface area contributed by atoms with Gasteiger partial charge in [-0.1, -0.05) is 28.9 Å². The van der Waals surface area contributed by atoms with Crippen molar-refractivity contribution in [1.82, 2.24) is 0 Å². The van der Waals surface area contributed by atoms with E-state index >= 15 is 0 Å². The van der Waals surface area contributed by atoms with E-state index in [1.807, 2.05) is 18.2 Å². The fraction of sp³-hybridized carbons (Fsp3) is 0.538. The Hall–Kier alpha value is -0.750. The normalized spacial score (nSPS) is 20.7. The minimum Gasteiger partial charge on any atom is -0.489 e. The van der Waals surface area contributed by atoms with Crippen molar-refractivity contribution in [3.8, 4) is 11.5 Å². The van der Waals surface area contributed by atoms with E-state index < -0.39 is 9.84 Å². The van der Waals surface area contributed by atoms with Crippen LogP contribution in [0.3, 0.4) is 0 Å². The lowest BCUT2D eigenvalue weighted by Gasteiger charge is -2.12. The van der Waals surface area contributed by atoms with Gasteiger partial charge in [0.2, 0.25) is 0 Å². The van der Waals surface area contributed by atoms with Crippen molar-refractivity contribution in [3.05, 3.63) is 23.8 Å². The molecule has 0 saturated heterocycles. The van der Waals surface area contributed by atoms with Crippen molar-refractivity contribution in [2.24, 2.45) is 5.92 Å². The van der Waals surface area contributed by atoms with E-state index in [2.05, 4.69) is 22.9 Å². The first kappa shape index (κ1) is 14.7. The summed E-state index contributed by atoms with van der Waals surface area (Å²) >= 11 is 3.41. The minimum absolute atomic E-state index is 0.0586. The highest BCUT2D eigenvalue weighted by Gasteiger charge is 2.19. The molecule has 0 spiro atoms. The van der Waals surface area contributed by atoms with E-state index in [9.17, 15) is 8.42 Å². The van der Waals surface area contributed by atoms with Crippen LogP contribution in [0.2, 0.25) is 0 Å². The zero-order valence-corrected chi connectivity index (χ0v) is 13.3. The molecule has 0 N–H and O–H groups in total. The maximum atomic E-state index is 11.3. The van der Waals surface area contributed by atoms with Crippen molar-refractivity contribution in [2.45, 2.75) is 11.8 Å². The molecule has 0 radical (unpaired) electrons. The van der Waals surface area contributed by atoms with Crippen molar-refractivity contribution < 1.29 is 17.9 Å². The Balaban J connectivity index is 2.21. The third-order valence-corrected chi connectivity index (χ3v) is 5.05. The Morgan fingerprint density at radius 1 is 1.32 bits per heavy atom. The van der Waals surface area contributed by atoms with Gasteiger partial charge < -0.3 is 9.47 Å². The molecular formula is C13H17BrO4S. The van der Waals surface area contributed by atoms with Gasteiger partial charge in [-0.15, -0.1) is 0 Å². The van der Waals surface area contributed by atoms with Crippen LogP contribution in [0.5, 0.6) is 11.5 Å². The maximum absolute atomic E-state index is 11.3. The van der Waals surface area contributed by atoms with Gasteiger partial charge in [0.05, 0.1) is 23.8 Å². The van der Waals surface area contributed by atoms with E-state index in [0.29, 0.717) is 30.6 Å². The smallest absolute Gasteiger partial charge is 0.161 e. The highest BCUT2D eigenvalue weighted by molar-refractivity contribution is 9.09. The van der Waals surface area contributed by atoms with Gasteiger partial charge >= 0.3 is 0 Å². The van der Waals surface area contributed by atoms with Crippen molar-refractivity contribution in [1.29, 1.82) is 0 Å². The van der Waals surface area contributed by atoms with Gasteiger partial charge in [-0.25, -0.2) is 8.42 Å². The molecule has 1 aromatic carbocycles. The fourth-order valence-electron chi connectivity index (χ4n) is 1.83. The molecule has 1 aromatic rings. The summed E-state index contributed by atoms with van der Waals surface area (Å²) in [5.74, 6) is 1.79. The number of hydrogen-bond acceptors (Lipinski definition) is 4. The number of hydrogen-bond donors (Lipinski definition) is 0. The zero-order chi connectivity index (χ0) is 14.0. The minimum atomic E-state index is -3.03. The van der Waals surface area contributed by atoms with Gasteiger partial charge in [0, 0.05) is 12.2 Å². The number of benzene rings is 1. The summed E-state index contributed by atoms with van der Waals surface area (Å²) in [6.07, 6.45) is 1.23. The summed E-state index contributed by atoms with van der Waals surface area (Å²) in [5, 5.41) is 0. The fourth-order valence-corrected chi connectivity index (χ4v) is 4.28. The third-order valence-electron chi connectivity index (χ3n) is 2.83. The summed E-state index contributed by atoms with van der Waals surface area (Å²) in [7, 11) is -3.03. The standard InChI is InChI=1S/C13H17BrO4S/c1-9-6-17-12-4-3-10(5-13(12)18-7-9)11(14)8-19(2,15)16/h3-5,9,11H,6-8H2,1-2H3. The van der Waals surface area contributed by atoms with Crippen LogP contribution in [-0.2, 0) is 9.84 Å². The molecule has 0 saturated carbocycles. The van der Waals surface area contributed by atoms with Crippen molar-refractivity contribution in [2.75, 3.05) is 25.2 Å². The molecule has 6 heteroatoms. The van der Waals surface area contributed by atoms with Gasteiger partial charge in [-0.2, -0.15) is 0 Å². The second-order valence-electron chi connectivity index (χ2n) is 4.99. The molecule has 1 aliphatic heterocycles. The Bertz CT molecular complexity index is 556. The molecule has 0 fully saturated rings. The van der Waals surface area contributed by atoms with E-state index in [4.69, 9.17) is 9.47 Å². The molecule has 1 heterocycles. The van der Waals surface area contributed by atoms with Crippen LogP contribution in [0.4, 0.5) is 0 Å². The first-order chi connectivity index (χ1) is 8.85. The average molecular weight is 349 g/mol. The lowest BCUT2D eigenvalue weighted by molar-refractivity contribution is 0.228. The first-order valence-electron chi connectivity index (χ1n) is 6.06. The summed E-state index contributed by atoms with van der Waals surface area (Å²) in [5.41, 5.74) is 0.877. The number of sulfone groups is 1. The number of halogens is 1. The Labute approximate surface area is 122 Å². The van der Waals surface area contributed by atoms with Gasteiger partial charge in [0.15, 0.2) is 11.5 Å². The van der Waals surface area contributed by atoms with E-state index in [1.165, 1.54) is 6.26 Å². The monoisotopic (exact) mass is 348 g/mol. The van der Waals surface area contributed by atoms with Gasteiger partial charge in [0.1, 0.15) is 9.84 Å². The molecule has 0 bridgehead atoms. The van der Waals surface area contributed by atoms with Crippen LogP contribution in [0.15, 0.2) is 18.2 Å². The molecule has 1 aliphatic rings. The van der Waals surface area contributed by atoms with Crippen LogP contribution in [-0.4, -0.2) is 33.6 Å². The zero-order valence-electron chi connectivity index (χ0n) is 10.9. The molecule has 0 aromatic heterocycles. The maximum Gasteiger partial charge on any atom is 0.161 e. The predicted molar refractivity (Wildman–Crippen MR) is 78.0 cm³/mol. The van der Waals surface area contributed by atoms with Crippen LogP contribution < -0.4 is 9.47 Å². The Morgan fingerprint density at radius 2 is 1.95 bits per heavy atom. The Morgan fingerprint density at radius 3 is 2.58 bits per heavy atom. The topological polar surface area (TPSA) is 52.6 Å². The molecule has 0 amide bonds. The predicted octanol–water partition coefficient (Wildman–Crippen LogP) is 2.57. The number of ether oxygens (including phenoxy) is 2. The highest BCUT2D eigenvalue weighted by Crippen LogP contribution is 2.35. The third kappa shape index (κ3) is 4.11. The van der Waals surface area contributed by atoms with Crippen LogP contribution in [0.1, 0.15) is 17.3 Å². The summed E-state index contributed by atoms with van der Waals surface area (Å²) in [6, 6.07) is 5.54. The van der Waals surface area contributed by atoms with E-state index in [0.717, 1.165) is 5.56 Å². The van der Waals surface area contributed by atoms with Crippen LogP contribution in [0, 0.1) is 5.92 Å². The molecular weight excluding hydrogens is 332 g/mol. The van der Waals surface area contributed by atoms with E-state index in [-0.39, 0.29) is 10.6 Å². The second-order valence-corrected chi connectivity index (χ2v) is 8.28. The lowest BCUT2D eigenvalue weighted by atomic mass is 10.1. The Kier molecular flexibility index (Phi) is 4.40. The van der Waals surface area contributed by atoms with E-state index in [1.54, 1.807) is 0 Å². The van der Waals surface area contributed by atoms with Crippen molar-refractivity contribution >= 4 is 25.8 Å². The quantitative estimate of drug-likeness (QED) is 0.787. The van der Waals surface area contributed by atoms with Crippen LogP contribution in [0.25, 0.3) is 0 Å².